The summed E-state index contributed by atoms with van der Waals surface area (Å²) in [6, 6.07) is 0.170. The first-order chi connectivity index (χ1) is 5.70. The molecule has 0 rings (SSSR count). The zero-order valence-electron chi connectivity index (χ0n) is 7.66. The molecule has 0 spiro atoms. The van der Waals surface area contributed by atoms with Crippen molar-refractivity contribution in [3.8, 4) is 0 Å². The monoisotopic (exact) mass is 192 g/mol. The van der Waals surface area contributed by atoms with E-state index in [9.17, 15) is 0 Å². The van der Waals surface area contributed by atoms with Crippen LogP contribution < -0.4 is 11.1 Å². The maximum atomic E-state index is 8.95. The smallest absolute Gasteiger partial charge is 0.0585 e. The Morgan fingerprint density at radius 1 is 1.50 bits per heavy atom. The van der Waals surface area contributed by atoms with Gasteiger partial charge in [-0.15, -0.1) is 0 Å². The molecule has 0 heterocycles. The van der Waals surface area contributed by atoms with E-state index in [2.05, 4.69) is 17.9 Å². The van der Waals surface area contributed by atoms with Crippen molar-refractivity contribution in [3.05, 3.63) is 0 Å². The number of aliphatic hydroxyl groups excluding tert-OH is 1. The standard InChI is InChI=1S/C8H20N2OS/c1-7(12)10-8(6-11)4-2-3-5-9/h7-8,10-12H,2-6,9H2,1H3/t7?,8-/m0/s1. The van der Waals surface area contributed by atoms with Gasteiger partial charge in [0.15, 0.2) is 0 Å². The zero-order chi connectivity index (χ0) is 9.40. The van der Waals surface area contributed by atoms with Crippen LogP contribution in [-0.4, -0.2) is 29.7 Å². The molecule has 74 valence electrons. The SMILES string of the molecule is CC(S)N[C@H](CO)CCCCN. The summed E-state index contributed by atoms with van der Waals surface area (Å²) >= 11 is 4.19. The van der Waals surface area contributed by atoms with Crippen molar-refractivity contribution in [3.63, 3.8) is 0 Å². The molecule has 0 aromatic carbocycles. The van der Waals surface area contributed by atoms with Crippen LogP contribution in [0.3, 0.4) is 0 Å². The molecule has 1 unspecified atom stereocenters. The van der Waals surface area contributed by atoms with Gasteiger partial charge in [-0.1, -0.05) is 6.42 Å². The summed E-state index contributed by atoms with van der Waals surface area (Å²) in [6.07, 6.45) is 3.06. The second kappa shape index (κ2) is 7.86. The van der Waals surface area contributed by atoms with Crippen LogP contribution in [-0.2, 0) is 0 Å². The molecule has 0 aliphatic heterocycles. The van der Waals surface area contributed by atoms with Gasteiger partial charge in [-0.05, 0) is 26.3 Å². The van der Waals surface area contributed by atoms with Crippen molar-refractivity contribution >= 4 is 12.6 Å². The molecule has 0 bridgehead atoms. The third-order valence-electron chi connectivity index (χ3n) is 1.70. The number of rotatable bonds is 7. The first-order valence-corrected chi connectivity index (χ1v) is 4.97. The molecule has 3 nitrogen and oxygen atoms in total. The van der Waals surface area contributed by atoms with Crippen LogP contribution >= 0.6 is 12.6 Å². The van der Waals surface area contributed by atoms with E-state index in [0.29, 0.717) is 0 Å². The molecule has 0 saturated heterocycles. The lowest BCUT2D eigenvalue weighted by molar-refractivity contribution is 0.232. The van der Waals surface area contributed by atoms with Crippen molar-refractivity contribution < 1.29 is 5.11 Å². The highest BCUT2D eigenvalue weighted by atomic mass is 32.1. The number of nitrogens with two attached hydrogens (primary N) is 1. The van der Waals surface area contributed by atoms with Gasteiger partial charge in [0.1, 0.15) is 0 Å². The molecule has 0 radical (unpaired) electrons. The topological polar surface area (TPSA) is 58.3 Å². The van der Waals surface area contributed by atoms with Crippen LogP contribution in [0.15, 0.2) is 0 Å². The number of hydrogen-bond donors (Lipinski definition) is 4. The number of nitrogens with one attached hydrogen (secondary N) is 1. The highest BCUT2D eigenvalue weighted by molar-refractivity contribution is 7.80. The molecule has 0 aliphatic rings. The Labute approximate surface area is 80.1 Å². The Morgan fingerprint density at radius 2 is 2.17 bits per heavy atom. The quantitative estimate of drug-likeness (QED) is 0.267. The molecule has 0 aliphatic carbocycles. The van der Waals surface area contributed by atoms with E-state index in [4.69, 9.17) is 10.8 Å². The van der Waals surface area contributed by atoms with Crippen LogP contribution in [0.1, 0.15) is 26.2 Å². The molecule has 4 N–H and O–H groups in total. The van der Waals surface area contributed by atoms with Gasteiger partial charge in [0, 0.05) is 11.4 Å². The fourth-order valence-corrected chi connectivity index (χ4v) is 1.31. The van der Waals surface area contributed by atoms with Crippen molar-refractivity contribution in [2.45, 2.75) is 37.6 Å². The summed E-state index contributed by atoms with van der Waals surface area (Å²) < 4.78 is 0. The van der Waals surface area contributed by atoms with E-state index >= 15 is 0 Å². The van der Waals surface area contributed by atoms with Gasteiger partial charge in [0.05, 0.1) is 6.61 Å². The summed E-state index contributed by atoms with van der Waals surface area (Å²) in [5, 5.41) is 12.2. The number of aliphatic hydroxyl groups is 1. The molecular formula is C8H20N2OS. The van der Waals surface area contributed by atoms with Crippen LogP contribution in [0.4, 0.5) is 0 Å². The summed E-state index contributed by atoms with van der Waals surface area (Å²) in [5.41, 5.74) is 5.36. The van der Waals surface area contributed by atoms with Crippen molar-refractivity contribution in [2.75, 3.05) is 13.2 Å². The molecule has 0 aromatic rings. The van der Waals surface area contributed by atoms with Gasteiger partial charge in [-0.2, -0.15) is 12.6 Å². The van der Waals surface area contributed by atoms with Crippen molar-refractivity contribution in [1.29, 1.82) is 0 Å². The van der Waals surface area contributed by atoms with E-state index in [1.165, 1.54) is 0 Å². The lowest BCUT2D eigenvalue weighted by atomic mass is 10.1. The summed E-state index contributed by atoms with van der Waals surface area (Å²) in [4.78, 5) is 0. The van der Waals surface area contributed by atoms with Gasteiger partial charge in [-0.3, -0.25) is 0 Å². The Balaban J connectivity index is 3.39. The Morgan fingerprint density at radius 3 is 2.58 bits per heavy atom. The van der Waals surface area contributed by atoms with E-state index in [1.807, 2.05) is 6.92 Å². The average molecular weight is 192 g/mol. The predicted molar refractivity (Wildman–Crippen MR) is 55.4 cm³/mol. The highest BCUT2D eigenvalue weighted by Gasteiger charge is 2.07. The highest BCUT2D eigenvalue weighted by Crippen LogP contribution is 2.01. The fraction of sp³-hybridized carbons (Fsp3) is 1.00. The molecule has 0 fully saturated rings. The summed E-state index contributed by atoms with van der Waals surface area (Å²) in [6.45, 7) is 2.86. The fourth-order valence-electron chi connectivity index (χ4n) is 1.10. The lowest BCUT2D eigenvalue weighted by Gasteiger charge is -2.18. The molecule has 2 atom stereocenters. The lowest BCUT2D eigenvalue weighted by Crippen LogP contribution is -2.36. The first kappa shape index (κ1) is 12.2. The van der Waals surface area contributed by atoms with Gasteiger partial charge in [0.2, 0.25) is 0 Å². The van der Waals surface area contributed by atoms with Gasteiger partial charge >= 0.3 is 0 Å². The van der Waals surface area contributed by atoms with Gasteiger partial charge in [-0.25, -0.2) is 0 Å². The van der Waals surface area contributed by atoms with E-state index < -0.39 is 0 Å². The average Bonchev–Trinajstić information content (AvgIpc) is 2.02. The second-order valence-electron chi connectivity index (χ2n) is 3.01. The Kier molecular flexibility index (Phi) is 8.01. The molecule has 0 saturated carbocycles. The molecule has 0 aromatic heterocycles. The predicted octanol–water partition coefficient (Wildman–Crippen LogP) is 0.342. The van der Waals surface area contributed by atoms with E-state index in [1.54, 1.807) is 0 Å². The second-order valence-corrected chi connectivity index (χ2v) is 3.78. The maximum absolute atomic E-state index is 8.95. The molecule has 0 amide bonds. The van der Waals surface area contributed by atoms with Crippen molar-refractivity contribution in [2.24, 2.45) is 5.73 Å². The normalized spacial score (nSPS) is 16.0. The van der Waals surface area contributed by atoms with Gasteiger partial charge < -0.3 is 16.2 Å². The van der Waals surface area contributed by atoms with Gasteiger partial charge in [0.25, 0.3) is 0 Å². The van der Waals surface area contributed by atoms with Crippen LogP contribution in [0.2, 0.25) is 0 Å². The zero-order valence-corrected chi connectivity index (χ0v) is 8.56. The molecular weight excluding hydrogens is 172 g/mol. The summed E-state index contributed by atoms with van der Waals surface area (Å²) in [5.74, 6) is 0. The molecule has 12 heavy (non-hydrogen) atoms. The van der Waals surface area contributed by atoms with E-state index in [0.717, 1.165) is 25.8 Å². The minimum absolute atomic E-state index is 0.139. The van der Waals surface area contributed by atoms with Crippen molar-refractivity contribution in [1.82, 2.24) is 5.32 Å². The van der Waals surface area contributed by atoms with E-state index in [-0.39, 0.29) is 18.0 Å². The molecule has 4 heteroatoms. The number of unbranched alkanes of at least 4 members (excludes halogenated alkanes) is 1. The number of thiol groups is 1. The Hall–Kier alpha value is 0.230. The largest absolute Gasteiger partial charge is 0.395 e. The Bertz CT molecular complexity index is 101. The third kappa shape index (κ3) is 6.91. The summed E-state index contributed by atoms with van der Waals surface area (Å²) in [7, 11) is 0. The maximum Gasteiger partial charge on any atom is 0.0585 e. The van der Waals surface area contributed by atoms with Crippen LogP contribution in [0.25, 0.3) is 0 Å². The van der Waals surface area contributed by atoms with Crippen LogP contribution in [0, 0.1) is 0 Å². The minimum atomic E-state index is 0.139. The first-order valence-electron chi connectivity index (χ1n) is 4.45. The third-order valence-corrected chi connectivity index (χ3v) is 1.85. The van der Waals surface area contributed by atoms with Crippen LogP contribution in [0.5, 0.6) is 0 Å². The minimum Gasteiger partial charge on any atom is -0.395 e. The number of hydrogen-bond acceptors (Lipinski definition) is 4.